The highest BCUT2D eigenvalue weighted by Gasteiger charge is 2.47. The van der Waals surface area contributed by atoms with E-state index in [2.05, 4.69) is 28.2 Å². The number of unbranched alkanes of at least 4 members (excludes halogenated alkanes) is 9. The first-order valence-corrected chi connectivity index (χ1v) is 11.3. The van der Waals surface area contributed by atoms with Crippen molar-refractivity contribution in [3.8, 4) is 0 Å². The minimum atomic E-state index is -1.34. The Bertz CT molecular complexity index is 607. The highest BCUT2D eigenvalue weighted by Crippen LogP contribution is 2.43. The second kappa shape index (κ2) is 11.1. The third-order valence-corrected chi connectivity index (χ3v) is 6.21. The van der Waals surface area contributed by atoms with Gasteiger partial charge in [0.05, 0.1) is 5.92 Å². The maximum absolute atomic E-state index is 11.9. The predicted octanol–water partition coefficient (Wildman–Crippen LogP) is 6.07. The van der Waals surface area contributed by atoms with Crippen LogP contribution < -0.4 is 5.32 Å². The molecule has 2 rings (SSSR count). The minimum Gasteiger partial charge on any atom is -0.481 e. The smallest absolute Gasteiger partial charge is 0.309 e. The van der Waals surface area contributed by atoms with Crippen molar-refractivity contribution >= 4 is 27.6 Å². The van der Waals surface area contributed by atoms with Gasteiger partial charge in [-0.25, -0.2) is 0 Å². The van der Waals surface area contributed by atoms with E-state index in [1.165, 1.54) is 44.9 Å². The van der Waals surface area contributed by atoms with Gasteiger partial charge in [-0.15, -0.1) is 0 Å². The molecule has 1 heterocycles. The summed E-state index contributed by atoms with van der Waals surface area (Å²) in [5, 5.41) is 24.1. The van der Waals surface area contributed by atoms with Crippen molar-refractivity contribution in [2.75, 3.05) is 11.9 Å². The fourth-order valence-electron chi connectivity index (χ4n) is 4.07. The molecule has 4 nitrogen and oxygen atoms in total. The molecule has 1 aliphatic rings. The summed E-state index contributed by atoms with van der Waals surface area (Å²) >= 11 is 3.42. The quantitative estimate of drug-likeness (QED) is 0.326. The fraction of sp³-hybridized carbons (Fsp3) is 0.682. The van der Waals surface area contributed by atoms with E-state index >= 15 is 0 Å². The van der Waals surface area contributed by atoms with E-state index in [1.54, 1.807) is 0 Å². The third kappa shape index (κ3) is 6.21. The number of benzene rings is 1. The Balaban J connectivity index is 1.77. The Morgan fingerprint density at radius 2 is 1.70 bits per heavy atom. The molecule has 0 aliphatic carbocycles. The first kappa shape index (κ1) is 22.2. The second-order valence-corrected chi connectivity index (χ2v) is 8.74. The van der Waals surface area contributed by atoms with E-state index in [0.717, 1.165) is 29.4 Å². The molecule has 5 heteroatoms. The number of β-amino-alcohol motifs (C(OH)–C–C–N with tert-alkyl or cyclic N) is 1. The molecule has 0 saturated heterocycles. The Kier molecular flexibility index (Phi) is 9.10. The zero-order valence-electron chi connectivity index (χ0n) is 16.5. The molecule has 0 fully saturated rings. The van der Waals surface area contributed by atoms with Crippen molar-refractivity contribution in [2.24, 2.45) is 5.92 Å². The van der Waals surface area contributed by atoms with Crippen molar-refractivity contribution < 1.29 is 15.0 Å². The second-order valence-electron chi connectivity index (χ2n) is 7.83. The van der Waals surface area contributed by atoms with Crippen LogP contribution in [0.15, 0.2) is 22.7 Å². The monoisotopic (exact) mass is 439 g/mol. The summed E-state index contributed by atoms with van der Waals surface area (Å²) in [5.41, 5.74) is 0.177. The molecule has 27 heavy (non-hydrogen) atoms. The number of nitrogens with one attached hydrogen (secondary N) is 1. The lowest BCUT2D eigenvalue weighted by Crippen LogP contribution is -2.41. The lowest BCUT2D eigenvalue weighted by Gasteiger charge is -2.30. The largest absolute Gasteiger partial charge is 0.481 e. The molecule has 0 bridgehead atoms. The molecule has 0 spiro atoms. The van der Waals surface area contributed by atoms with Crippen LogP contribution in [-0.2, 0) is 10.4 Å². The first-order valence-electron chi connectivity index (χ1n) is 10.5. The number of fused-ring (bicyclic) bond motifs is 1. The molecular formula is C22H34BrNO3. The molecule has 0 amide bonds. The highest BCUT2D eigenvalue weighted by atomic mass is 79.9. The maximum atomic E-state index is 11.9. The molecule has 0 aromatic heterocycles. The molecule has 2 atom stereocenters. The summed E-state index contributed by atoms with van der Waals surface area (Å²) in [5.74, 6) is -1.70. The SMILES string of the molecule is CCCCCCCCCCCCC(C(=O)O)C1(O)CNc2ccc(Br)cc21. The average Bonchev–Trinajstić information content (AvgIpc) is 2.96. The summed E-state index contributed by atoms with van der Waals surface area (Å²) < 4.78 is 0.853. The molecule has 2 unspecified atom stereocenters. The van der Waals surface area contributed by atoms with Crippen LogP contribution in [0.4, 0.5) is 5.69 Å². The number of anilines is 1. The topological polar surface area (TPSA) is 69.6 Å². The van der Waals surface area contributed by atoms with Crippen LogP contribution in [0.5, 0.6) is 0 Å². The number of aliphatic carboxylic acids is 1. The van der Waals surface area contributed by atoms with Gasteiger partial charge in [0.2, 0.25) is 0 Å². The number of rotatable bonds is 13. The number of hydrogen-bond acceptors (Lipinski definition) is 3. The summed E-state index contributed by atoms with van der Waals surface area (Å²) in [6.07, 6.45) is 12.7. The molecule has 3 N–H and O–H groups in total. The van der Waals surface area contributed by atoms with Gasteiger partial charge in [-0.3, -0.25) is 4.79 Å². The fourth-order valence-corrected chi connectivity index (χ4v) is 4.43. The molecule has 1 aromatic rings. The molecular weight excluding hydrogens is 406 g/mol. The predicted molar refractivity (Wildman–Crippen MR) is 114 cm³/mol. The van der Waals surface area contributed by atoms with E-state index in [9.17, 15) is 15.0 Å². The van der Waals surface area contributed by atoms with Crippen LogP contribution in [0.1, 0.15) is 83.1 Å². The standard InChI is InChI=1S/C22H34BrNO3/c1-2-3-4-5-6-7-8-9-10-11-12-18(21(25)26)22(27)16-24-20-14-13-17(23)15-19(20)22/h13-15,18,24,27H,2-12,16H2,1H3,(H,25,26). The molecule has 152 valence electrons. The van der Waals surface area contributed by atoms with Crippen molar-refractivity contribution in [3.05, 3.63) is 28.2 Å². The van der Waals surface area contributed by atoms with Gasteiger partial charge in [0.25, 0.3) is 0 Å². The van der Waals surface area contributed by atoms with Crippen molar-refractivity contribution in [2.45, 2.75) is 83.2 Å². The van der Waals surface area contributed by atoms with E-state index in [1.807, 2.05) is 18.2 Å². The van der Waals surface area contributed by atoms with Gasteiger partial charge in [-0.1, -0.05) is 87.1 Å². The van der Waals surface area contributed by atoms with Crippen molar-refractivity contribution in [1.82, 2.24) is 0 Å². The third-order valence-electron chi connectivity index (χ3n) is 5.72. The van der Waals surface area contributed by atoms with Crippen LogP contribution >= 0.6 is 15.9 Å². The van der Waals surface area contributed by atoms with Crippen LogP contribution in [0.2, 0.25) is 0 Å². The van der Waals surface area contributed by atoms with Gasteiger partial charge in [0.1, 0.15) is 5.60 Å². The molecule has 0 saturated carbocycles. The molecule has 1 aliphatic heterocycles. The normalized spacial score (nSPS) is 19.5. The van der Waals surface area contributed by atoms with Gasteiger partial charge >= 0.3 is 5.97 Å². The van der Waals surface area contributed by atoms with Crippen molar-refractivity contribution in [3.63, 3.8) is 0 Å². The lowest BCUT2D eigenvalue weighted by atomic mass is 9.79. The van der Waals surface area contributed by atoms with Gasteiger partial charge < -0.3 is 15.5 Å². The van der Waals surface area contributed by atoms with E-state index < -0.39 is 17.5 Å². The Morgan fingerprint density at radius 3 is 2.30 bits per heavy atom. The average molecular weight is 440 g/mol. The van der Waals surface area contributed by atoms with Crippen LogP contribution in [-0.4, -0.2) is 22.7 Å². The van der Waals surface area contributed by atoms with Crippen LogP contribution in [0, 0.1) is 5.92 Å². The van der Waals surface area contributed by atoms with Gasteiger partial charge in [-0.05, 0) is 24.6 Å². The number of aliphatic hydroxyl groups is 1. The number of carboxylic acid groups (broad SMARTS) is 1. The number of halogens is 1. The number of carboxylic acids is 1. The summed E-state index contributed by atoms with van der Waals surface area (Å²) in [4.78, 5) is 11.9. The van der Waals surface area contributed by atoms with Gasteiger partial charge in [-0.2, -0.15) is 0 Å². The van der Waals surface area contributed by atoms with Crippen molar-refractivity contribution in [1.29, 1.82) is 0 Å². The lowest BCUT2D eigenvalue weighted by molar-refractivity contribution is -0.152. The minimum absolute atomic E-state index is 0.257. The number of hydrogen-bond donors (Lipinski definition) is 3. The van der Waals surface area contributed by atoms with E-state index in [-0.39, 0.29) is 6.54 Å². The highest BCUT2D eigenvalue weighted by molar-refractivity contribution is 9.10. The maximum Gasteiger partial charge on any atom is 0.309 e. The van der Waals surface area contributed by atoms with E-state index in [0.29, 0.717) is 12.0 Å². The Labute approximate surface area is 171 Å². The summed E-state index contributed by atoms with van der Waals surface area (Å²) in [6.45, 7) is 2.49. The zero-order chi connectivity index (χ0) is 19.7. The van der Waals surface area contributed by atoms with E-state index in [4.69, 9.17) is 0 Å². The van der Waals surface area contributed by atoms with Gasteiger partial charge in [0, 0.05) is 22.3 Å². The summed E-state index contributed by atoms with van der Waals surface area (Å²) in [6, 6.07) is 5.62. The molecule has 0 radical (unpaired) electrons. The zero-order valence-corrected chi connectivity index (χ0v) is 18.1. The number of carbonyl (C=O) groups is 1. The van der Waals surface area contributed by atoms with Crippen LogP contribution in [0.25, 0.3) is 0 Å². The molecule has 1 aromatic carbocycles. The van der Waals surface area contributed by atoms with Crippen LogP contribution in [0.3, 0.4) is 0 Å². The summed E-state index contributed by atoms with van der Waals surface area (Å²) in [7, 11) is 0. The Morgan fingerprint density at radius 1 is 1.11 bits per heavy atom. The Hall–Kier alpha value is -1.07. The first-order chi connectivity index (χ1) is 13.0. The van der Waals surface area contributed by atoms with Gasteiger partial charge in [0.15, 0.2) is 0 Å².